The van der Waals surface area contributed by atoms with Gasteiger partial charge in [-0.1, -0.05) is 18.0 Å². The number of aromatic nitrogens is 2. The number of hydrogen-bond acceptors (Lipinski definition) is 4. The molecule has 1 aromatic carbocycles. The molecule has 3 rings (SSSR count). The summed E-state index contributed by atoms with van der Waals surface area (Å²) >= 11 is 6.18. The lowest BCUT2D eigenvalue weighted by atomic mass is 10.1. The van der Waals surface area contributed by atoms with Crippen molar-refractivity contribution in [1.82, 2.24) is 14.9 Å². The van der Waals surface area contributed by atoms with E-state index in [1.54, 1.807) is 24.5 Å². The maximum atomic E-state index is 12.4. The number of Topliss-reactive ketones (excluding diaryl/α,β-unsaturated/α-hetero) is 1. The lowest BCUT2D eigenvalue weighted by Gasteiger charge is -2.25. The lowest BCUT2D eigenvalue weighted by molar-refractivity contribution is 0.0916. The minimum atomic E-state index is 0.0985. The van der Waals surface area contributed by atoms with Crippen LogP contribution >= 0.6 is 11.6 Å². The van der Waals surface area contributed by atoms with Crippen molar-refractivity contribution in [2.24, 2.45) is 0 Å². The Labute approximate surface area is 122 Å². The van der Waals surface area contributed by atoms with Crippen LogP contribution in [0.2, 0.25) is 5.02 Å². The number of carbonyl (C=O) groups is 1. The molecule has 0 aliphatic carbocycles. The zero-order valence-electron chi connectivity index (χ0n) is 11.2. The first-order chi connectivity index (χ1) is 9.74. The Hall–Kier alpha value is -1.52. The average Bonchev–Trinajstić information content (AvgIpc) is 2.48. The summed E-state index contributed by atoms with van der Waals surface area (Å²) in [5, 5.41) is 0.484. The van der Waals surface area contributed by atoms with E-state index in [1.165, 1.54) is 19.3 Å². The van der Waals surface area contributed by atoms with Crippen LogP contribution < -0.4 is 0 Å². The van der Waals surface area contributed by atoms with E-state index in [4.69, 9.17) is 11.6 Å². The fourth-order valence-corrected chi connectivity index (χ4v) is 2.87. The van der Waals surface area contributed by atoms with E-state index in [-0.39, 0.29) is 5.78 Å². The van der Waals surface area contributed by atoms with Gasteiger partial charge in [0.2, 0.25) is 0 Å². The molecule has 0 amide bonds. The summed E-state index contributed by atoms with van der Waals surface area (Å²) in [6.07, 6.45) is 6.83. The van der Waals surface area contributed by atoms with Gasteiger partial charge >= 0.3 is 0 Å². The summed E-state index contributed by atoms with van der Waals surface area (Å²) in [6, 6.07) is 3.48. The van der Waals surface area contributed by atoms with Gasteiger partial charge < -0.3 is 0 Å². The third-order valence-corrected chi connectivity index (χ3v) is 3.95. The normalized spacial score (nSPS) is 16.4. The Balaban J connectivity index is 1.84. The molecule has 1 aliphatic heterocycles. The molecule has 1 aromatic heterocycles. The summed E-state index contributed by atoms with van der Waals surface area (Å²) in [5.74, 6) is 0.0985. The molecule has 5 heteroatoms. The minimum Gasteiger partial charge on any atom is -0.296 e. The third-order valence-electron chi connectivity index (χ3n) is 3.67. The smallest absolute Gasteiger partial charge is 0.176 e. The maximum Gasteiger partial charge on any atom is 0.176 e. The molecule has 0 spiro atoms. The lowest BCUT2D eigenvalue weighted by Crippen LogP contribution is -2.34. The number of nitrogens with zero attached hydrogens (tertiary/aromatic N) is 3. The number of ketones is 1. The summed E-state index contributed by atoms with van der Waals surface area (Å²) < 4.78 is 0. The van der Waals surface area contributed by atoms with Crippen LogP contribution in [0, 0.1) is 0 Å². The Morgan fingerprint density at radius 2 is 1.90 bits per heavy atom. The second kappa shape index (κ2) is 5.85. The van der Waals surface area contributed by atoms with Crippen LogP contribution in [0.1, 0.15) is 29.6 Å². The third kappa shape index (κ3) is 2.81. The molecule has 0 radical (unpaired) electrons. The first-order valence-electron chi connectivity index (χ1n) is 6.90. The van der Waals surface area contributed by atoms with Gasteiger partial charge in [0.05, 0.1) is 17.1 Å². The highest BCUT2D eigenvalue weighted by Crippen LogP contribution is 2.22. The van der Waals surface area contributed by atoms with E-state index in [0.29, 0.717) is 28.2 Å². The van der Waals surface area contributed by atoms with Gasteiger partial charge in [-0.2, -0.15) is 0 Å². The van der Waals surface area contributed by atoms with Crippen molar-refractivity contribution in [3.63, 3.8) is 0 Å². The zero-order chi connectivity index (χ0) is 13.9. The molecule has 0 bridgehead atoms. The van der Waals surface area contributed by atoms with Crippen molar-refractivity contribution < 1.29 is 4.79 Å². The molecule has 0 saturated carbocycles. The van der Waals surface area contributed by atoms with E-state index in [1.807, 2.05) is 0 Å². The summed E-state index contributed by atoms with van der Waals surface area (Å²) in [5.41, 5.74) is 1.93. The number of benzene rings is 1. The topological polar surface area (TPSA) is 46.1 Å². The van der Waals surface area contributed by atoms with Crippen molar-refractivity contribution in [2.45, 2.75) is 19.3 Å². The Kier molecular flexibility index (Phi) is 3.94. The van der Waals surface area contributed by atoms with Crippen molar-refractivity contribution in [3.05, 3.63) is 35.1 Å². The number of piperidine rings is 1. The van der Waals surface area contributed by atoms with E-state index < -0.39 is 0 Å². The fourth-order valence-electron chi connectivity index (χ4n) is 2.61. The summed E-state index contributed by atoms with van der Waals surface area (Å²) in [4.78, 5) is 23.0. The molecule has 0 unspecified atom stereocenters. The molecule has 1 saturated heterocycles. The molecule has 0 atom stereocenters. The molecule has 2 heterocycles. The van der Waals surface area contributed by atoms with Gasteiger partial charge in [0, 0.05) is 18.0 Å². The van der Waals surface area contributed by atoms with Gasteiger partial charge in [-0.3, -0.25) is 19.7 Å². The monoisotopic (exact) mass is 289 g/mol. The molecular weight excluding hydrogens is 274 g/mol. The molecule has 4 nitrogen and oxygen atoms in total. The molecule has 1 aliphatic rings. The van der Waals surface area contributed by atoms with Crippen molar-refractivity contribution in [1.29, 1.82) is 0 Å². The molecule has 2 aromatic rings. The molecule has 104 valence electrons. The van der Waals surface area contributed by atoms with Crippen LogP contribution in [-0.2, 0) is 0 Å². The van der Waals surface area contributed by atoms with Gasteiger partial charge in [0.1, 0.15) is 5.52 Å². The Bertz CT molecular complexity index is 638. The first-order valence-corrected chi connectivity index (χ1v) is 7.27. The second-order valence-electron chi connectivity index (χ2n) is 5.14. The van der Waals surface area contributed by atoms with Crippen molar-refractivity contribution in [3.8, 4) is 0 Å². The van der Waals surface area contributed by atoms with Crippen LogP contribution in [0.3, 0.4) is 0 Å². The molecule has 20 heavy (non-hydrogen) atoms. The highest BCUT2D eigenvalue weighted by molar-refractivity contribution is 6.35. The highest BCUT2D eigenvalue weighted by Gasteiger charge is 2.16. The van der Waals surface area contributed by atoms with E-state index in [2.05, 4.69) is 14.9 Å². The van der Waals surface area contributed by atoms with Crippen LogP contribution in [0.4, 0.5) is 0 Å². The number of rotatable bonds is 3. The number of halogens is 1. The molecular formula is C15H16ClN3O. The van der Waals surface area contributed by atoms with Gasteiger partial charge in [-0.25, -0.2) is 0 Å². The van der Waals surface area contributed by atoms with Crippen LogP contribution in [-0.4, -0.2) is 40.3 Å². The second-order valence-corrected chi connectivity index (χ2v) is 5.55. The quantitative estimate of drug-likeness (QED) is 0.815. The standard InChI is InChI=1S/C15H16ClN3O/c16-12-8-11(9-13-15(12)18-5-4-17-13)14(20)10-19-6-2-1-3-7-19/h4-5,8-9H,1-3,6-7,10H2. The van der Waals surface area contributed by atoms with Gasteiger partial charge in [0.15, 0.2) is 5.78 Å². The number of hydrogen-bond donors (Lipinski definition) is 0. The van der Waals surface area contributed by atoms with E-state index in [0.717, 1.165) is 13.1 Å². The SMILES string of the molecule is O=C(CN1CCCCC1)c1cc(Cl)c2nccnc2c1. The van der Waals surface area contributed by atoms with E-state index in [9.17, 15) is 4.79 Å². The zero-order valence-corrected chi connectivity index (χ0v) is 11.9. The average molecular weight is 290 g/mol. The van der Waals surface area contributed by atoms with Gasteiger partial charge in [-0.05, 0) is 38.1 Å². The fraction of sp³-hybridized carbons (Fsp3) is 0.400. The van der Waals surface area contributed by atoms with Gasteiger partial charge in [-0.15, -0.1) is 0 Å². The molecule has 1 fully saturated rings. The molecule has 0 N–H and O–H groups in total. The van der Waals surface area contributed by atoms with Crippen LogP contribution in [0.15, 0.2) is 24.5 Å². The minimum absolute atomic E-state index is 0.0985. The Morgan fingerprint density at radius 3 is 2.70 bits per heavy atom. The van der Waals surface area contributed by atoms with E-state index >= 15 is 0 Å². The van der Waals surface area contributed by atoms with Crippen molar-refractivity contribution in [2.75, 3.05) is 19.6 Å². The number of fused-ring (bicyclic) bond motifs is 1. The van der Waals surface area contributed by atoms with Crippen LogP contribution in [0.5, 0.6) is 0 Å². The summed E-state index contributed by atoms with van der Waals surface area (Å²) in [6.45, 7) is 2.47. The van der Waals surface area contributed by atoms with Gasteiger partial charge in [0.25, 0.3) is 0 Å². The predicted octanol–water partition coefficient (Wildman–Crippen LogP) is 2.95. The largest absolute Gasteiger partial charge is 0.296 e. The first kappa shape index (κ1) is 13.5. The van der Waals surface area contributed by atoms with Crippen LogP contribution in [0.25, 0.3) is 11.0 Å². The van der Waals surface area contributed by atoms with Crippen molar-refractivity contribution >= 4 is 28.4 Å². The Morgan fingerprint density at radius 1 is 1.15 bits per heavy atom. The predicted molar refractivity (Wildman–Crippen MR) is 79.2 cm³/mol. The number of likely N-dealkylation sites (tertiary alicyclic amines) is 1. The maximum absolute atomic E-state index is 12.4. The summed E-state index contributed by atoms with van der Waals surface area (Å²) in [7, 11) is 0. The highest BCUT2D eigenvalue weighted by atomic mass is 35.5. The number of carbonyl (C=O) groups excluding carboxylic acids is 1.